The number of thioether (sulfide) groups is 1. The Morgan fingerprint density at radius 3 is 2.30 bits per heavy atom. The summed E-state index contributed by atoms with van der Waals surface area (Å²) in [7, 11) is 0. The largest absolute Gasteiger partial charge is 0.274 e. The van der Waals surface area contributed by atoms with E-state index >= 15 is 0 Å². The van der Waals surface area contributed by atoms with Crippen molar-refractivity contribution in [3.8, 4) is 0 Å². The second-order valence-corrected chi connectivity index (χ2v) is 7.85. The van der Waals surface area contributed by atoms with E-state index in [9.17, 15) is 14.0 Å². The molecule has 0 saturated carbocycles. The number of hydrogen-bond donors (Lipinski definition) is 0. The third-order valence-electron chi connectivity index (χ3n) is 4.75. The van der Waals surface area contributed by atoms with Crippen molar-refractivity contribution in [3.05, 3.63) is 75.4 Å². The fraction of sp³-hybridized carbons (Fsp3) is 0.273. The summed E-state index contributed by atoms with van der Waals surface area (Å²) in [4.78, 5) is 27.8. The van der Waals surface area contributed by atoms with E-state index in [1.54, 1.807) is 12.1 Å². The van der Waals surface area contributed by atoms with Crippen molar-refractivity contribution in [1.82, 2.24) is 4.90 Å². The van der Waals surface area contributed by atoms with Gasteiger partial charge < -0.3 is 0 Å². The first-order valence-electron chi connectivity index (χ1n) is 8.97. The van der Waals surface area contributed by atoms with Crippen molar-refractivity contribution < 1.29 is 14.0 Å². The van der Waals surface area contributed by atoms with Crippen molar-refractivity contribution in [1.29, 1.82) is 0 Å². The molecule has 5 heteroatoms. The summed E-state index contributed by atoms with van der Waals surface area (Å²) in [6, 6.07) is 12.0. The summed E-state index contributed by atoms with van der Waals surface area (Å²) < 4.78 is 13.1. The number of imide groups is 1. The predicted octanol–water partition coefficient (Wildman–Crippen LogP) is 4.52. The van der Waals surface area contributed by atoms with Crippen LogP contribution in [0.2, 0.25) is 0 Å². The monoisotopic (exact) mass is 383 g/mol. The molecule has 0 spiro atoms. The second-order valence-electron chi connectivity index (χ2n) is 6.57. The molecule has 0 unspecified atom stereocenters. The molecule has 0 N–H and O–H groups in total. The van der Waals surface area contributed by atoms with Crippen molar-refractivity contribution >= 4 is 29.1 Å². The molecule has 140 valence electrons. The Morgan fingerprint density at radius 1 is 0.963 bits per heavy atom. The molecule has 0 saturated heterocycles. The molecule has 2 aromatic carbocycles. The highest BCUT2D eigenvalue weighted by molar-refractivity contribution is 8.04. The molecule has 0 atom stereocenters. The molecular formula is C22H22FNO2S. The summed E-state index contributed by atoms with van der Waals surface area (Å²) in [5, 5.41) is 0. The SMILES string of the molecule is CCSC1=C(c2ccc(C)c(C)c2)C(=O)N(CCc2ccc(F)cc2)C1=O. The van der Waals surface area contributed by atoms with Crippen molar-refractivity contribution in [2.75, 3.05) is 12.3 Å². The van der Waals surface area contributed by atoms with Gasteiger partial charge in [0, 0.05) is 6.54 Å². The molecule has 0 bridgehead atoms. The molecule has 0 fully saturated rings. The number of rotatable bonds is 6. The molecule has 1 aliphatic heterocycles. The van der Waals surface area contributed by atoms with E-state index < -0.39 is 0 Å². The van der Waals surface area contributed by atoms with Crippen molar-refractivity contribution in [2.45, 2.75) is 27.2 Å². The zero-order chi connectivity index (χ0) is 19.6. The van der Waals surface area contributed by atoms with Crippen LogP contribution in [0, 0.1) is 19.7 Å². The minimum Gasteiger partial charge on any atom is -0.274 e. The molecular weight excluding hydrogens is 361 g/mol. The number of aryl methyl sites for hydroxylation is 2. The second kappa shape index (κ2) is 8.09. The number of halogens is 1. The zero-order valence-corrected chi connectivity index (χ0v) is 16.5. The fourth-order valence-corrected chi connectivity index (χ4v) is 3.95. The van der Waals surface area contributed by atoms with Crippen molar-refractivity contribution in [2.24, 2.45) is 0 Å². The maximum atomic E-state index is 13.1. The molecule has 1 aliphatic rings. The lowest BCUT2D eigenvalue weighted by Crippen LogP contribution is -2.33. The lowest BCUT2D eigenvalue weighted by molar-refractivity contribution is -0.136. The Morgan fingerprint density at radius 2 is 1.67 bits per heavy atom. The average Bonchev–Trinajstić information content (AvgIpc) is 2.88. The van der Waals surface area contributed by atoms with Crippen LogP contribution >= 0.6 is 11.8 Å². The smallest absolute Gasteiger partial charge is 0.267 e. The van der Waals surface area contributed by atoms with Crippen molar-refractivity contribution in [3.63, 3.8) is 0 Å². The predicted molar refractivity (Wildman–Crippen MR) is 108 cm³/mol. The Bertz CT molecular complexity index is 918. The molecule has 3 nitrogen and oxygen atoms in total. The van der Waals surface area contributed by atoms with Gasteiger partial charge in [0.15, 0.2) is 0 Å². The first-order valence-corrected chi connectivity index (χ1v) is 9.96. The first kappa shape index (κ1) is 19.4. The highest BCUT2D eigenvalue weighted by atomic mass is 32.2. The molecule has 0 aromatic heterocycles. The van der Waals surface area contributed by atoms with E-state index in [0.717, 1.165) is 22.3 Å². The molecule has 2 aromatic rings. The average molecular weight is 383 g/mol. The molecule has 2 amide bonds. The number of nitrogens with zero attached hydrogens (tertiary/aromatic N) is 1. The van der Waals surface area contributed by atoms with Crippen LogP contribution < -0.4 is 0 Å². The number of benzene rings is 2. The molecule has 0 aliphatic carbocycles. The summed E-state index contributed by atoms with van der Waals surface area (Å²) in [5.74, 6) is -0.0648. The highest BCUT2D eigenvalue weighted by Gasteiger charge is 2.38. The maximum absolute atomic E-state index is 13.1. The standard InChI is InChI=1S/C22H22FNO2S/c1-4-27-20-19(17-8-5-14(2)15(3)13-17)21(25)24(22(20)26)12-11-16-6-9-18(23)10-7-16/h5-10,13H,4,11-12H2,1-3H3. The van der Waals surface area contributed by atoms with Gasteiger partial charge in [0.25, 0.3) is 11.8 Å². The van der Waals surface area contributed by atoms with Gasteiger partial charge in [-0.2, -0.15) is 0 Å². The van der Waals surface area contributed by atoms with E-state index in [2.05, 4.69) is 0 Å². The van der Waals surface area contributed by atoms with Gasteiger partial charge in [-0.05, 0) is 60.4 Å². The van der Waals surface area contributed by atoms with Gasteiger partial charge >= 0.3 is 0 Å². The van der Waals surface area contributed by atoms with Crippen LogP contribution in [0.1, 0.15) is 29.2 Å². The lowest BCUT2D eigenvalue weighted by Gasteiger charge is -2.15. The third kappa shape index (κ3) is 3.98. The third-order valence-corrected chi connectivity index (χ3v) is 5.70. The number of carbonyl (C=O) groups is 2. The van der Waals surface area contributed by atoms with Gasteiger partial charge in [-0.25, -0.2) is 4.39 Å². The summed E-state index contributed by atoms with van der Waals surface area (Å²) in [5.41, 5.74) is 4.41. The van der Waals surface area contributed by atoms with Crippen LogP contribution in [0.3, 0.4) is 0 Å². The minimum atomic E-state index is -0.299. The van der Waals surface area contributed by atoms with Crippen LogP contribution in [0.25, 0.3) is 5.57 Å². The van der Waals surface area contributed by atoms with E-state index in [0.29, 0.717) is 22.7 Å². The Kier molecular flexibility index (Phi) is 5.80. The fourth-order valence-electron chi connectivity index (χ4n) is 3.08. The summed E-state index contributed by atoms with van der Waals surface area (Å²) >= 11 is 1.41. The summed E-state index contributed by atoms with van der Waals surface area (Å²) in [6.45, 7) is 6.27. The van der Waals surface area contributed by atoms with E-state index in [1.165, 1.54) is 28.8 Å². The number of hydrogen-bond acceptors (Lipinski definition) is 3. The van der Waals surface area contributed by atoms with Gasteiger partial charge in [-0.15, -0.1) is 11.8 Å². The van der Waals surface area contributed by atoms with Gasteiger partial charge in [0.2, 0.25) is 0 Å². The van der Waals surface area contributed by atoms with E-state index in [-0.39, 0.29) is 24.2 Å². The first-order chi connectivity index (χ1) is 12.9. The number of amides is 2. The Balaban J connectivity index is 1.87. The van der Waals surface area contributed by atoms with Gasteiger partial charge in [-0.3, -0.25) is 14.5 Å². The van der Waals surface area contributed by atoms with Gasteiger partial charge in [-0.1, -0.05) is 37.3 Å². The van der Waals surface area contributed by atoms with E-state index in [4.69, 9.17) is 0 Å². The quantitative estimate of drug-likeness (QED) is 0.689. The normalized spacial score (nSPS) is 14.4. The highest BCUT2D eigenvalue weighted by Crippen LogP contribution is 2.36. The van der Waals surface area contributed by atoms with Crippen LogP contribution in [0.4, 0.5) is 4.39 Å². The number of carbonyl (C=O) groups excluding carboxylic acids is 2. The lowest BCUT2D eigenvalue weighted by atomic mass is 10.0. The molecule has 1 heterocycles. The van der Waals surface area contributed by atoms with Crippen LogP contribution in [0.15, 0.2) is 47.4 Å². The minimum absolute atomic E-state index is 0.234. The molecule has 0 radical (unpaired) electrons. The van der Waals surface area contributed by atoms with Crippen LogP contribution in [0.5, 0.6) is 0 Å². The van der Waals surface area contributed by atoms with Gasteiger partial charge in [0.1, 0.15) is 5.82 Å². The van der Waals surface area contributed by atoms with Crippen LogP contribution in [-0.2, 0) is 16.0 Å². The Hall–Kier alpha value is -2.40. The Labute approximate surface area is 163 Å². The van der Waals surface area contributed by atoms with E-state index in [1.807, 2.05) is 39.0 Å². The molecule has 27 heavy (non-hydrogen) atoms. The summed E-state index contributed by atoms with van der Waals surface area (Å²) in [6.07, 6.45) is 0.502. The zero-order valence-electron chi connectivity index (χ0n) is 15.7. The molecule has 3 rings (SSSR count). The van der Waals surface area contributed by atoms with Gasteiger partial charge in [0.05, 0.1) is 10.5 Å². The maximum Gasteiger partial charge on any atom is 0.267 e. The van der Waals surface area contributed by atoms with Crippen LogP contribution in [-0.4, -0.2) is 29.0 Å². The topological polar surface area (TPSA) is 37.4 Å².